The van der Waals surface area contributed by atoms with E-state index in [0.29, 0.717) is 11.5 Å². The molecule has 262 valence electrons. The van der Waals surface area contributed by atoms with Gasteiger partial charge in [-0.2, -0.15) is 17.5 Å². The van der Waals surface area contributed by atoms with Gasteiger partial charge >= 0.3 is 0 Å². The lowest BCUT2D eigenvalue weighted by atomic mass is 9.91. The molecule has 0 radical (unpaired) electrons. The van der Waals surface area contributed by atoms with Gasteiger partial charge in [-0.3, -0.25) is 0 Å². The van der Waals surface area contributed by atoms with E-state index >= 15 is 4.39 Å². The Hall–Kier alpha value is -3.85. The summed E-state index contributed by atoms with van der Waals surface area (Å²) in [7, 11) is 0. The average Bonchev–Trinajstić information content (AvgIpc) is 3.96. The summed E-state index contributed by atoms with van der Waals surface area (Å²) < 4.78 is 34.7. The molecule has 2 aromatic heterocycles. The number of benzene rings is 4. The molecular weight excluding hydrogens is 688 g/mol. The molecule has 1 aliphatic heterocycles. The molecule has 0 aliphatic carbocycles. The van der Waals surface area contributed by atoms with E-state index in [1.807, 2.05) is 30.3 Å². The molecule has 0 fully saturated rings. The second kappa shape index (κ2) is 16.2. The third-order valence-electron chi connectivity index (χ3n) is 10.5. The topological polar surface area (TPSA) is 50.5 Å². The van der Waals surface area contributed by atoms with Crippen LogP contribution in [-0.4, -0.2) is 8.75 Å². The van der Waals surface area contributed by atoms with Gasteiger partial charge in [0.1, 0.15) is 28.2 Å². The van der Waals surface area contributed by atoms with Crippen molar-refractivity contribution in [2.75, 3.05) is 0 Å². The molecule has 4 aromatic carbocycles. The zero-order valence-corrected chi connectivity index (χ0v) is 32.4. The number of halogens is 1. The van der Waals surface area contributed by atoms with E-state index in [-0.39, 0.29) is 5.82 Å². The highest BCUT2D eigenvalue weighted by molar-refractivity contribution is 7.58. The van der Waals surface area contributed by atoms with Crippen LogP contribution in [0.15, 0.2) is 87.6 Å². The van der Waals surface area contributed by atoms with Crippen LogP contribution in [0.3, 0.4) is 0 Å². The minimum absolute atomic E-state index is 0.170. The van der Waals surface area contributed by atoms with Crippen LogP contribution in [0.2, 0.25) is 0 Å². The Labute approximate surface area is 313 Å². The van der Waals surface area contributed by atoms with Crippen LogP contribution in [0.1, 0.15) is 83.8 Å². The molecule has 1 aliphatic rings. The minimum Gasteiger partial charge on any atom is -0.206 e. The van der Waals surface area contributed by atoms with Gasteiger partial charge in [0.2, 0.25) is 0 Å². The quantitative estimate of drug-likeness (QED) is 0.105. The first-order valence-electron chi connectivity index (χ1n) is 18.5. The normalized spacial score (nSPS) is 13.4. The van der Waals surface area contributed by atoms with Gasteiger partial charge in [0.05, 0.1) is 23.1 Å². The molecule has 2 atom stereocenters. The molecule has 0 bridgehead atoms. The number of unbranched alkanes of at least 4 members (excludes halogenated alkanes) is 1. The predicted molar refractivity (Wildman–Crippen MR) is 218 cm³/mol. The van der Waals surface area contributed by atoms with Crippen molar-refractivity contribution in [1.29, 1.82) is 0 Å². The van der Waals surface area contributed by atoms with Gasteiger partial charge in [-0.1, -0.05) is 120 Å². The summed E-state index contributed by atoms with van der Waals surface area (Å²) in [5, 5.41) is 0. The maximum Gasteiger partial charge on any atom is 0.131 e. The van der Waals surface area contributed by atoms with Crippen LogP contribution < -0.4 is 0 Å². The third-order valence-corrected chi connectivity index (χ3v) is 12.7. The van der Waals surface area contributed by atoms with Crippen LogP contribution in [0.25, 0.3) is 54.2 Å². The molecular formula is C43H45FN4S3. The smallest absolute Gasteiger partial charge is 0.131 e. The number of thiophene rings is 1. The fraction of sp³-hybridized carbons (Fsp3) is 0.349. The van der Waals surface area contributed by atoms with Gasteiger partial charge in [0, 0.05) is 26.4 Å². The minimum atomic E-state index is -0.170. The molecule has 7 rings (SSSR count). The van der Waals surface area contributed by atoms with Gasteiger partial charge in [0.25, 0.3) is 0 Å². The second-order valence-electron chi connectivity index (χ2n) is 13.9. The maximum absolute atomic E-state index is 15.5. The first kappa shape index (κ1) is 35.5. The van der Waals surface area contributed by atoms with Crippen molar-refractivity contribution < 1.29 is 4.39 Å². The van der Waals surface area contributed by atoms with E-state index in [4.69, 9.17) is 17.5 Å². The van der Waals surface area contributed by atoms with E-state index in [2.05, 4.69) is 70.2 Å². The van der Waals surface area contributed by atoms with E-state index in [0.717, 1.165) is 80.3 Å². The van der Waals surface area contributed by atoms with Crippen LogP contribution in [0.5, 0.6) is 0 Å². The molecule has 6 aromatic rings. The zero-order chi connectivity index (χ0) is 35.3. The Balaban J connectivity index is 1.14. The van der Waals surface area contributed by atoms with Crippen molar-refractivity contribution >= 4 is 56.8 Å². The fourth-order valence-corrected chi connectivity index (χ4v) is 9.20. The summed E-state index contributed by atoms with van der Waals surface area (Å²) in [4.78, 5) is 2.32. The van der Waals surface area contributed by atoms with Gasteiger partial charge in [0.15, 0.2) is 0 Å². The Morgan fingerprint density at radius 2 is 1.29 bits per heavy atom. The lowest BCUT2D eigenvalue weighted by Crippen LogP contribution is -2.01. The lowest BCUT2D eigenvalue weighted by Gasteiger charge is -2.15. The van der Waals surface area contributed by atoms with Crippen LogP contribution in [0, 0.1) is 17.7 Å². The van der Waals surface area contributed by atoms with Gasteiger partial charge in [-0.15, -0.1) is 11.3 Å². The summed E-state index contributed by atoms with van der Waals surface area (Å²) in [5.74, 6) is 1.29. The van der Waals surface area contributed by atoms with Gasteiger partial charge in [-0.25, -0.2) is 4.39 Å². The number of hydrogen-bond donors (Lipinski definition) is 0. The Morgan fingerprint density at radius 3 is 2.00 bits per heavy atom. The first-order valence-corrected chi connectivity index (χ1v) is 20.7. The number of aryl methyl sites for hydroxylation is 2. The van der Waals surface area contributed by atoms with Crippen molar-refractivity contribution in [2.24, 2.45) is 20.6 Å². The highest BCUT2D eigenvalue weighted by Crippen LogP contribution is 2.53. The van der Waals surface area contributed by atoms with Gasteiger partial charge < -0.3 is 0 Å². The molecule has 0 saturated heterocycles. The molecule has 2 unspecified atom stereocenters. The Morgan fingerprint density at radius 1 is 0.647 bits per heavy atom. The van der Waals surface area contributed by atoms with E-state index in [1.54, 1.807) is 17.4 Å². The van der Waals surface area contributed by atoms with Crippen molar-refractivity contribution in [3.8, 4) is 43.1 Å². The van der Waals surface area contributed by atoms with Crippen LogP contribution in [-0.2, 0) is 24.2 Å². The highest BCUT2D eigenvalue weighted by Gasteiger charge is 2.27. The third kappa shape index (κ3) is 7.69. The molecule has 8 heteroatoms. The highest BCUT2D eigenvalue weighted by atomic mass is 32.1. The number of hydrogen-bond acceptors (Lipinski definition) is 6. The van der Waals surface area contributed by atoms with Crippen molar-refractivity contribution in [3.05, 3.63) is 95.8 Å². The zero-order valence-electron chi connectivity index (χ0n) is 29.9. The summed E-state index contributed by atoms with van der Waals surface area (Å²) >= 11 is 4.18. The SMILES string of the molecule is CCCCC(CC)CCc1ccc(-c2ccc(-c3c4c(c(-c5ccc(-c6ccc(CCC(C)CC)cc6)s5)c5nsnc35)N=S=N4)cc2)c(F)c1. The van der Waals surface area contributed by atoms with Gasteiger partial charge in [-0.05, 0) is 83.5 Å². The van der Waals surface area contributed by atoms with Crippen molar-refractivity contribution in [3.63, 3.8) is 0 Å². The first-order chi connectivity index (χ1) is 25.0. The Bertz CT molecular complexity index is 2190. The molecule has 0 N–H and O–H groups in total. The summed E-state index contributed by atoms with van der Waals surface area (Å²) in [5.41, 5.74) is 11.4. The largest absolute Gasteiger partial charge is 0.206 e. The number of aromatic nitrogens is 2. The fourth-order valence-electron chi connectivity index (χ4n) is 7.03. The summed E-state index contributed by atoms with van der Waals surface area (Å²) in [6.45, 7) is 9.10. The standard InChI is InChI=1S/C43H45FN4S3/c1-5-8-9-28(7-3)12-13-30-16-23-34(35(44)26-30)31-19-21-33(22-20-31)38-40-42(47-50-45-40)39(43-41(38)46-51-48-43)37-25-24-36(49-37)32-17-14-29(15-18-32)11-10-27(4)6-2/h14-28H,5-13H2,1-4H3. The number of fused-ring (bicyclic) bond motifs is 2. The number of nitrogens with zero attached hydrogens (tertiary/aromatic N) is 4. The number of rotatable bonds is 15. The van der Waals surface area contributed by atoms with E-state index < -0.39 is 0 Å². The monoisotopic (exact) mass is 732 g/mol. The Kier molecular flexibility index (Phi) is 11.3. The predicted octanol–water partition coefficient (Wildman–Crippen LogP) is 14.4. The van der Waals surface area contributed by atoms with E-state index in [1.165, 1.54) is 77.6 Å². The molecule has 4 nitrogen and oxygen atoms in total. The molecule has 0 spiro atoms. The second-order valence-corrected chi connectivity index (χ2v) is 16.1. The molecule has 3 heterocycles. The molecule has 0 amide bonds. The van der Waals surface area contributed by atoms with Crippen molar-refractivity contribution in [1.82, 2.24) is 8.75 Å². The molecule has 51 heavy (non-hydrogen) atoms. The molecule has 0 saturated carbocycles. The summed E-state index contributed by atoms with van der Waals surface area (Å²) in [6, 6.07) is 27.2. The summed E-state index contributed by atoms with van der Waals surface area (Å²) in [6.07, 6.45) is 10.5. The average molecular weight is 733 g/mol. The van der Waals surface area contributed by atoms with Crippen LogP contribution in [0.4, 0.5) is 15.8 Å². The van der Waals surface area contributed by atoms with E-state index in [9.17, 15) is 0 Å². The lowest BCUT2D eigenvalue weighted by molar-refractivity contribution is 0.421. The van der Waals surface area contributed by atoms with Crippen molar-refractivity contribution in [2.45, 2.75) is 85.5 Å². The van der Waals surface area contributed by atoms with Crippen LogP contribution >= 0.6 is 23.1 Å². The maximum atomic E-state index is 15.5.